The van der Waals surface area contributed by atoms with Crippen LogP contribution in [0.2, 0.25) is 0 Å². The quantitative estimate of drug-likeness (QED) is 0.913. The Balaban J connectivity index is 1.72. The van der Waals surface area contributed by atoms with Gasteiger partial charge < -0.3 is 14.6 Å². The van der Waals surface area contributed by atoms with E-state index in [1.807, 2.05) is 19.1 Å². The number of ether oxygens (including phenoxy) is 1. The lowest BCUT2D eigenvalue weighted by Crippen LogP contribution is -2.35. The highest BCUT2D eigenvalue weighted by atomic mass is 16.5. The number of nitrogens with zero attached hydrogens (tertiary/aromatic N) is 2. The Morgan fingerprint density at radius 1 is 1.26 bits per heavy atom. The van der Waals surface area contributed by atoms with E-state index in [-0.39, 0.29) is 5.91 Å². The van der Waals surface area contributed by atoms with E-state index in [1.165, 1.54) is 11.8 Å². The van der Waals surface area contributed by atoms with Crippen LogP contribution in [0.3, 0.4) is 0 Å². The highest BCUT2D eigenvalue weighted by Crippen LogP contribution is 2.24. The molecule has 0 aliphatic carbocycles. The molecule has 2 heterocycles. The summed E-state index contributed by atoms with van der Waals surface area (Å²) >= 11 is 0. The fourth-order valence-electron chi connectivity index (χ4n) is 2.66. The van der Waals surface area contributed by atoms with Gasteiger partial charge in [-0.05, 0) is 18.1 Å². The van der Waals surface area contributed by atoms with E-state index in [0.29, 0.717) is 17.8 Å². The van der Waals surface area contributed by atoms with E-state index >= 15 is 0 Å². The third kappa shape index (κ3) is 3.78. The van der Waals surface area contributed by atoms with Crippen molar-refractivity contribution in [2.45, 2.75) is 13.5 Å². The molecule has 122 valence electrons. The van der Waals surface area contributed by atoms with Gasteiger partial charge in [0, 0.05) is 26.2 Å². The zero-order chi connectivity index (χ0) is 16.1. The molecule has 0 atom stereocenters. The number of morpholine rings is 1. The number of amides is 1. The van der Waals surface area contributed by atoms with Crippen molar-refractivity contribution < 1.29 is 14.1 Å². The van der Waals surface area contributed by atoms with Crippen molar-refractivity contribution in [2.24, 2.45) is 0 Å². The fraction of sp³-hybridized carbons (Fsp3) is 0.412. The van der Waals surface area contributed by atoms with Crippen LogP contribution in [-0.4, -0.2) is 48.8 Å². The molecule has 1 aromatic heterocycles. The number of hydrogen-bond donors (Lipinski definition) is 1. The van der Waals surface area contributed by atoms with Crippen LogP contribution in [0, 0.1) is 0 Å². The van der Waals surface area contributed by atoms with Crippen molar-refractivity contribution in [3.05, 3.63) is 41.8 Å². The fourth-order valence-corrected chi connectivity index (χ4v) is 2.66. The van der Waals surface area contributed by atoms with Crippen LogP contribution in [0.5, 0.6) is 0 Å². The van der Waals surface area contributed by atoms with Crippen molar-refractivity contribution in [1.82, 2.24) is 15.4 Å². The van der Waals surface area contributed by atoms with Crippen molar-refractivity contribution in [1.29, 1.82) is 0 Å². The number of aromatic nitrogens is 1. The average Bonchev–Trinajstić information content (AvgIpc) is 3.06. The Labute approximate surface area is 135 Å². The molecule has 2 aromatic rings. The maximum absolute atomic E-state index is 12.0. The largest absolute Gasteiger partial charge is 0.379 e. The summed E-state index contributed by atoms with van der Waals surface area (Å²) in [6.07, 6.45) is 1.52. The lowest BCUT2D eigenvalue weighted by atomic mass is 10.0. The molecule has 3 rings (SSSR count). The van der Waals surface area contributed by atoms with Gasteiger partial charge in [0.05, 0.1) is 18.8 Å². The SMILES string of the molecule is CCNC(=O)c1nocc1-c1ccc(CN2CCOCC2)cc1. The smallest absolute Gasteiger partial charge is 0.274 e. The van der Waals surface area contributed by atoms with Crippen molar-refractivity contribution in [3.8, 4) is 11.1 Å². The number of hydrogen-bond acceptors (Lipinski definition) is 5. The van der Waals surface area contributed by atoms with E-state index in [0.717, 1.165) is 38.4 Å². The van der Waals surface area contributed by atoms with E-state index in [9.17, 15) is 4.79 Å². The topological polar surface area (TPSA) is 67.6 Å². The first-order chi connectivity index (χ1) is 11.3. The van der Waals surface area contributed by atoms with Crippen molar-refractivity contribution >= 4 is 5.91 Å². The summed E-state index contributed by atoms with van der Waals surface area (Å²) in [5.41, 5.74) is 3.21. The summed E-state index contributed by atoms with van der Waals surface area (Å²) in [7, 11) is 0. The van der Waals surface area contributed by atoms with Crippen molar-refractivity contribution in [2.75, 3.05) is 32.8 Å². The maximum atomic E-state index is 12.0. The van der Waals surface area contributed by atoms with Gasteiger partial charge in [0.15, 0.2) is 5.69 Å². The first-order valence-electron chi connectivity index (χ1n) is 7.90. The molecule has 6 nitrogen and oxygen atoms in total. The zero-order valence-corrected chi connectivity index (χ0v) is 13.2. The van der Waals surface area contributed by atoms with Gasteiger partial charge in [0.2, 0.25) is 0 Å². The molecule has 1 aliphatic heterocycles. The van der Waals surface area contributed by atoms with Gasteiger partial charge in [0.1, 0.15) is 6.26 Å². The van der Waals surface area contributed by atoms with Crippen LogP contribution in [0.4, 0.5) is 0 Å². The second-order valence-electron chi connectivity index (χ2n) is 5.52. The molecular formula is C17H21N3O3. The van der Waals surface area contributed by atoms with Crippen LogP contribution in [0.25, 0.3) is 11.1 Å². The van der Waals surface area contributed by atoms with Crippen molar-refractivity contribution in [3.63, 3.8) is 0 Å². The minimum Gasteiger partial charge on any atom is -0.379 e. The predicted molar refractivity (Wildman–Crippen MR) is 86.0 cm³/mol. The Morgan fingerprint density at radius 2 is 2.00 bits per heavy atom. The third-order valence-corrected chi connectivity index (χ3v) is 3.90. The number of carbonyl (C=O) groups excluding carboxylic acids is 1. The first kappa shape index (κ1) is 15.7. The molecule has 0 saturated carbocycles. The molecule has 1 saturated heterocycles. The molecule has 1 amide bonds. The summed E-state index contributed by atoms with van der Waals surface area (Å²) in [5, 5.41) is 6.56. The highest BCUT2D eigenvalue weighted by Gasteiger charge is 2.17. The minimum atomic E-state index is -0.214. The first-order valence-corrected chi connectivity index (χ1v) is 7.90. The molecule has 0 unspecified atom stereocenters. The van der Waals surface area contributed by atoms with Gasteiger partial charge in [-0.2, -0.15) is 0 Å². The standard InChI is InChI=1S/C17H21N3O3/c1-2-18-17(21)16-15(12-23-19-16)14-5-3-13(4-6-14)11-20-7-9-22-10-8-20/h3-6,12H,2,7-11H2,1H3,(H,18,21). The Hall–Kier alpha value is -2.18. The van der Waals surface area contributed by atoms with Gasteiger partial charge in [0.25, 0.3) is 5.91 Å². The van der Waals surface area contributed by atoms with Gasteiger partial charge in [-0.15, -0.1) is 0 Å². The number of nitrogens with one attached hydrogen (secondary N) is 1. The summed E-state index contributed by atoms with van der Waals surface area (Å²) < 4.78 is 10.4. The third-order valence-electron chi connectivity index (χ3n) is 3.90. The predicted octanol–water partition coefficient (Wildman–Crippen LogP) is 1.92. The average molecular weight is 315 g/mol. The van der Waals surface area contributed by atoms with Crippen LogP contribution in [0.1, 0.15) is 23.0 Å². The Kier molecular flexibility index (Phi) is 5.05. The van der Waals surface area contributed by atoms with Gasteiger partial charge in [-0.25, -0.2) is 0 Å². The van der Waals surface area contributed by atoms with E-state index in [4.69, 9.17) is 9.26 Å². The van der Waals surface area contributed by atoms with E-state index in [1.54, 1.807) is 0 Å². The van der Waals surface area contributed by atoms with Crippen LogP contribution >= 0.6 is 0 Å². The molecular weight excluding hydrogens is 294 g/mol. The van der Waals surface area contributed by atoms with Gasteiger partial charge >= 0.3 is 0 Å². The molecule has 1 aliphatic rings. The molecule has 0 bridgehead atoms. The second kappa shape index (κ2) is 7.39. The molecule has 1 aromatic carbocycles. The second-order valence-corrected chi connectivity index (χ2v) is 5.52. The van der Waals surface area contributed by atoms with Crippen LogP contribution < -0.4 is 5.32 Å². The number of benzene rings is 1. The lowest BCUT2D eigenvalue weighted by Gasteiger charge is -2.26. The molecule has 1 fully saturated rings. The van der Waals surface area contributed by atoms with Crippen LogP contribution in [-0.2, 0) is 11.3 Å². The molecule has 23 heavy (non-hydrogen) atoms. The normalized spacial score (nSPS) is 15.5. The Morgan fingerprint density at radius 3 is 2.70 bits per heavy atom. The van der Waals surface area contributed by atoms with E-state index < -0.39 is 0 Å². The highest BCUT2D eigenvalue weighted by molar-refractivity contribution is 5.98. The molecule has 0 radical (unpaired) electrons. The summed E-state index contributed by atoms with van der Waals surface area (Å²) in [5.74, 6) is -0.214. The monoisotopic (exact) mass is 315 g/mol. The zero-order valence-electron chi connectivity index (χ0n) is 13.2. The molecule has 6 heteroatoms. The lowest BCUT2D eigenvalue weighted by molar-refractivity contribution is 0.0342. The minimum absolute atomic E-state index is 0.214. The number of rotatable bonds is 5. The van der Waals surface area contributed by atoms with Gasteiger partial charge in [-0.1, -0.05) is 29.4 Å². The molecule has 0 spiro atoms. The molecule has 1 N–H and O–H groups in total. The van der Waals surface area contributed by atoms with Crippen LogP contribution in [0.15, 0.2) is 35.1 Å². The van der Waals surface area contributed by atoms with Gasteiger partial charge in [-0.3, -0.25) is 9.69 Å². The summed E-state index contributed by atoms with van der Waals surface area (Å²) in [4.78, 5) is 14.4. The summed E-state index contributed by atoms with van der Waals surface area (Å²) in [6, 6.07) is 8.18. The summed E-state index contributed by atoms with van der Waals surface area (Å²) in [6.45, 7) is 6.88. The van der Waals surface area contributed by atoms with E-state index in [2.05, 4.69) is 27.5 Å². The Bertz CT molecular complexity index is 645. The maximum Gasteiger partial charge on any atom is 0.274 e. The number of carbonyl (C=O) groups is 1.